The van der Waals surface area contributed by atoms with E-state index in [0.29, 0.717) is 0 Å². The Morgan fingerprint density at radius 2 is 2.00 bits per heavy atom. The second kappa shape index (κ2) is 7.40. The Hall–Kier alpha value is 0.120. The minimum atomic E-state index is -4.09. The molecule has 0 rings (SSSR count). The summed E-state index contributed by atoms with van der Waals surface area (Å²) in [6.07, 6.45) is 0.280. The molecule has 0 fully saturated rings. The average molecular weight is 244 g/mol. The minimum Gasteiger partial charge on any atom is -0.545 e. The SMILES string of the molecule is C=C(CCC(CC)S(=O)(=O)O)C(=O)[O-].[Na+]. The molecular weight excluding hydrogens is 231 g/mol. The van der Waals surface area contributed by atoms with Gasteiger partial charge >= 0.3 is 29.6 Å². The van der Waals surface area contributed by atoms with Crippen molar-refractivity contribution in [2.75, 3.05) is 0 Å². The van der Waals surface area contributed by atoms with Gasteiger partial charge in [0, 0.05) is 0 Å². The third-order valence-electron chi connectivity index (χ3n) is 1.93. The van der Waals surface area contributed by atoms with E-state index >= 15 is 0 Å². The summed E-state index contributed by atoms with van der Waals surface area (Å²) in [6, 6.07) is 0. The van der Waals surface area contributed by atoms with E-state index in [1.807, 2.05) is 0 Å². The molecule has 1 atom stereocenters. The first-order valence-corrected chi connectivity index (χ1v) is 5.64. The van der Waals surface area contributed by atoms with E-state index in [4.69, 9.17) is 4.55 Å². The third-order valence-corrected chi connectivity index (χ3v) is 3.34. The Kier molecular flexibility index (Phi) is 8.64. The van der Waals surface area contributed by atoms with Gasteiger partial charge in [-0.05, 0) is 24.8 Å². The number of carbonyl (C=O) groups excluding carboxylic acids is 1. The van der Waals surface area contributed by atoms with Crippen molar-refractivity contribution in [2.45, 2.75) is 31.4 Å². The summed E-state index contributed by atoms with van der Waals surface area (Å²) in [5.74, 6) is -1.39. The largest absolute Gasteiger partial charge is 1.00 e. The predicted octanol–water partition coefficient (Wildman–Crippen LogP) is -3.26. The Morgan fingerprint density at radius 1 is 1.53 bits per heavy atom. The van der Waals surface area contributed by atoms with Gasteiger partial charge < -0.3 is 9.90 Å². The van der Waals surface area contributed by atoms with Crippen molar-refractivity contribution in [2.24, 2.45) is 0 Å². The van der Waals surface area contributed by atoms with Crippen molar-refractivity contribution in [3.05, 3.63) is 12.2 Å². The Balaban J connectivity index is 0. The summed E-state index contributed by atoms with van der Waals surface area (Å²) in [7, 11) is -4.09. The quantitative estimate of drug-likeness (QED) is 0.301. The Bertz CT molecular complexity index is 322. The van der Waals surface area contributed by atoms with Gasteiger partial charge in [-0.2, -0.15) is 8.42 Å². The number of hydrogen-bond acceptors (Lipinski definition) is 4. The van der Waals surface area contributed by atoms with Crippen molar-refractivity contribution in [1.29, 1.82) is 0 Å². The fraction of sp³-hybridized carbons (Fsp3) is 0.625. The van der Waals surface area contributed by atoms with Crippen LogP contribution in [0.25, 0.3) is 0 Å². The molecule has 7 heteroatoms. The van der Waals surface area contributed by atoms with E-state index in [9.17, 15) is 18.3 Å². The molecule has 0 amide bonds. The molecule has 0 spiro atoms. The van der Waals surface area contributed by atoms with Crippen LogP contribution in [0.15, 0.2) is 12.2 Å². The zero-order valence-corrected chi connectivity index (χ0v) is 11.7. The molecule has 82 valence electrons. The zero-order valence-electron chi connectivity index (χ0n) is 8.89. The van der Waals surface area contributed by atoms with Crippen LogP contribution in [0.2, 0.25) is 0 Å². The molecule has 0 aromatic rings. The van der Waals surface area contributed by atoms with Crippen molar-refractivity contribution in [3.63, 3.8) is 0 Å². The van der Waals surface area contributed by atoms with Crippen LogP contribution in [0.3, 0.4) is 0 Å². The summed E-state index contributed by atoms with van der Waals surface area (Å²) in [6.45, 7) is 4.80. The van der Waals surface area contributed by atoms with Crippen LogP contribution >= 0.6 is 0 Å². The molecule has 0 saturated carbocycles. The molecular formula is C8H13NaO5S. The number of rotatable bonds is 6. The summed E-state index contributed by atoms with van der Waals surface area (Å²) < 4.78 is 30.1. The van der Waals surface area contributed by atoms with Crippen LogP contribution in [0.1, 0.15) is 26.2 Å². The van der Waals surface area contributed by atoms with Gasteiger partial charge in [0.1, 0.15) is 0 Å². The molecule has 0 aliphatic rings. The molecule has 0 saturated heterocycles. The average Bonchev–Trinajstić information content (AvgIpc) is 2.02. The van der Waals surface area contributed by atoms with Gasteiger partial charge in [0.15, 0.2) is 0 Å². The fourth-order valence-corrected chi connectivity index (χ4v) is 1.84. The maximum atomic E-state index is 10.7. The van der Waals surface area contributed by atoms with E-state index < -0.39 is 21.3 Å². The van der Waals surface area contributed by atoms with Gasteiger partial charge in [-0.25, -0.2) is 0 Å². The predicted molar refractivity (Wildman–Crippen MR) is 49.0 cm³/mol. The van der Waals surface area contributed by atoms with Crippen LogP contribution in [-0.2, 0) is 14.9 Å². The second-order valence-electron chi connectivity index (χ2n) is 2.97. The molecule has 15 heavy (non-hydrogen) atoms. The molecule has 0 aliphatic heterocycles. The maximum Gasteiger partial charge on any atom is 1.00 e. The maximum absolute atomic E-state index is 10.7. The zero-order chi connectivity index (χ0) is 11.4. The minimum absolute atomic E-state index is 0. The summed E-state index contributed by atoms with van der Waals surface area (Å²) in [4.78, 5) is 10.2. The van der Waals surface area contributed by atoms with E-state index in [2.05, 4.69) is 6.58 Å². The first kappa shape index (κ1) is 17.5. The van der Waals surface area contributed by atoms with Crippen molar-refractivity contribution < 1.29 is 52.4 Å². The number of carboxylic acids is 1. The normalized spacial score (nSPS) is 12.7. The third kappa shape index (κ3) is 7.08. The van der Waals surface area contributed by atoms with Crippen LogP contribution in [0, 0.1) is 0 Å². The first-order chi connectivity index (χ1) is 6.29. The number of hydrogen-bond donors (Lipinski definition) is 1. The van der Waals surface area contributed by atoms with Gasteiger partial charge in [0.2, 0.25) is 0 Å². The molecule has 0 aromatic carbocycles. The Labute approximate surface area is 112 Å². The molecule has 0 heterocycles. The van der Waals surface area contributed by atoms with Crippen molar-refractivity contribution in [1.82, 2.24) is 0 Å². The molecule has 5 nitrogen and oxygen atoms in total. The number of carbonyl (C=O) groups is 1. The monoisotopic (exact) mass is 244 g/mol. The molecule has 0 aliphatic carbocycles. The first-order valence-electron chi connectivity index (χ1n) is 4.14. The molecule has 0 aromatic heterocycles. The topological polar surface area (TPSA) is 94.5 Å². The van der Waals surface area contributed by atoms with Gasteiger partial charge in [-0.15, -0.1) is 0 Å². The van der Waals surface area contributed by atoms with Gasteiger partial charge in [-0.3, -0.25) is 4.55 Å². The van der Waals surface area contributed by atoms with Gasteiger partial charge in [0.05, 0.1) is 11.2 Å². The molecule has 1 unspecified atom stereocenters. The molecule has 0 radical (unpaired) electrons. The summed E-state index contributed by atoms with van der Waals surface area (Å²) in [5, 5.41) is 9.30. The van der Waals surface area contributed by atoms with Gasteiger partial charge in [0.25, 0.3) is 10.1 Å². The van der Waals surface area contributed by atoms with Crippen LogP contribution in [0.4, 0.5) is 0 Å². The van der Waals surface area contributed by atoms with E-state index in [0.717, 1.165) is 0 Å². The summed E-state index contributed by atoms with van der Waals surface area (Å²) in [5.41, 5.74) is -0.160. The standard InChI is InChI=1S/C8H14O5S.Na/c1-3-7(14(11,12)13)5-4-6(2)8(9)10;/h7H,2-5H2,1H3,(H,9,10)(H,11,12,13);/q;+1/p-1. The van der Waals surface area contributed by atoms with E-state index in [-0.39, 0.29) is 54.4 Å². The molecule has 1 N–H and O–H groups in total. The van der Waals surface area contributed by atoms with Crippen molar-refractivity contribution >= 4 is 16.1 Å². The summed E-state index contributed by atoms with van der Waals surface area (Å²) >= 11 is 0. The van der Waals surface area contributed by atoms with E-state index in [1.54, 1.807) is 6.92 Å². The van der Waals surface area contributed by atoms with Gasteiger partial charge in [-0.1, -0.05) is 13.5 Å². The van der Waals surface area contributed by atoms with Crippen molar-refractivity contribution in [3.8, 4) is 0 Å². The van der Waals surface area contributed by atoms with E-state index in [1.165, 1.54) is 0 Å². The fourth-order valence-electron chi connectivity index (χ4n) is 1.00. The second-order valence-corrected chi connectivity index (χ2v) is 4.67. The number of aliphatic carboxylic acids is 1. The Morgan fingerprint density at radius 3 is 2.27 bits per heavy atom. The molecule has 0 bridgehead atoms. The van der Waals surface area contributed by atoms with Crippen LogP contribution in [-0.4, -0.2) is 24.2 Å². The van der Waals surface area contributed by atoms with Crippen LogP contribution < -0.4 is 34.7 Å². The number of carboxylic acid groups (broad SMARTS) is 1. The van der Waals surface area contributed by atoms with Crippen LogP contribution in [0.5, 0.6) is 0 Å². The smallest absolute Gasteiger partial charge is 0.545 e.